The maximum Gasteiger partial charge on any atom is 0.319 e. The summed E-state index contributed by atoms with van der Waals surface area (Å²) in [6.45, 7) is 4.26. The average Bonchev–Trinajstić information content (AvgIpc) is 3.72. The SMILES string of the molecule is C[C@H](Oc1nc2c3c(c(Cl)c(-c4ccc(F)c5sc(N)c(C#N)c45)c(F)c3n1)CCCN2C1CCCO1)C1CCCN1C. The Hall–Kier alpha value is -3.30. The molecule has 0 radical (unpaired) electrons. The number of benzene rings is 2. The summed E-state index contributed by atoms with van der Waals surface area (Å²) in [6, 6.07) is 5.06. The summed E-state index contributed by atoms with van der Waals surface area (Å²) < 4.78 is 44.5. The van der Waals surface area contributed by atoms with Gasteiger partial charge in [0.25, 0.3) is 0 Å². The van der Waals surface area contributed by atoms with E-state index < -0.39 is 11.6 Å². The molecule has 2 saturated heterocycles. The molecule has 3 atom stereocenters. The highest BCUT2D eigenvalue weighted by atomic mass is 35.5. The van der Waals surface area contributed by atoms with Gasteiger partial charge in [0, 0.05) is 30.1 Å². The summed E-state index contributed by atoms with van der Waals surface area (Å²) in [5, 5.41) is 11.0. The molecule has 4 aromatic rings. The van der Waals surface area contributed by atoms with Gasteiger partial charge in [-0.25, -0.2) is 8.78 Å². The van der Waals surface area contributed by atoms with Crippen LogP contribution in [0.15, 0.2) is 12.1 Å². The van der Waals surface area contributed by atoms with E-state index in [0.717, 1.165) is 50.0 Å². The van der Waals surface area contributed by atoms with Crippen LogP contribution in [0.1, 0.15) is 50.2 Å². The Kier molecular flexibility index (Phi) is 7.29. The number of aryl methyl sites for hydroxylation is 1. The summed E-state index contributed by atoms with van der Waals surface area (Å²) in [6.07, 6.45) is 4.68. The zero-order chi connectivity index (χ0) is 30.0. The molecule has 43 heavy (non-hydrogen) atoms. The smallest absolute Gasteiger partial charge is 0.319 e. The summed E-state index contributed by atoms with van der Waals surface area (Å²) in [5.74, 6) is -0.676. The molecule has 2 aromatic carbocycles. The Morgan fingerprint density at radius 2 is 2.02 bits per heavy atom. The van der Waals surface area contributed by atoms with Crippen molar-refractivity contribution in [2.24, 2.45) is 0 Å². The predicted molar refractivity (Wildman–Crippen MR) is 165 cm³/mol. The molecule has 0 bridgehead atoms. The highest BCUT2D eigenvalue weighted by molar-refractivity contribution is 7.23. The summed E-state index contributed by atoms with van der Waals surface area (Å²) in [5.41, 5.74) is 7.34. The lowest BCUT2D eigenvalue weighted by Crippen LogP contribution is -2.39. The number of likely N-dealkylation sites (tertiary alicyclic amines) is 1. The van der Waals surface area contributed by atoms with Crippen molar-refractivity contribution >= 4 is 54.7 Å². The van der Waals surface area contributed by atoms with Gasteiger partial charge in [0.2, 0.25) is 0 Å². The molecule has 5 heterocycles. The molecular weight excluding hydrogens is 594 g/mol. The van der Waals surface area contributed by atoms with E-state index in [4.69, 9.17) is 31.8 Å². The highest BCUT2D eigenvalue weighted by Gasteiger charge is 2.35. The van der Waals surface area contributed by atoms with Crippen LogP contribution in [-0.2, 0) is 11.2 Å². The van der Waals surface area contributed by atoms with E-state index in [1.165, 1.54) is 12.1 Å². The number of nitrogen functional groups attached to an aromatic ring is 1. The highest BCUT2D eigenvalue weighted by Crippen LogP contribution is 2.48. The number of nitriles is 1. The first-order chi connectivity index (χ1) is 20.8. The van der Waals surface area contributed by atoms with Crippen molar-refractivity contribution < 1.29 is 18.3 Å². The minimum atomic E-state index is -0.682. The fraction of sp³-hybridized carbons (Fsp3) is 0.452. The molecule has 7 rings (SSSR count). The number of aromatic nitrogens is 2. The third-order valence-corrected chi connectivity index (χ3v) is 10.5. The van der Waals surface area contributed by atoms with Gasteiger partial charge in [0.15, 0.2) is 5.82 Å². The van der Waals surface area contributed by atoms with Crippen LogP contribution in [0, 0.1) is 23.0 Å². The summed E-state index contributed by atoms with van der Waals surface area (Å²) in [4.78, 5) is 13.9. The van der Waals surface area contributed by atoms with Crippen LogP contribution in [0.3, 0.4) is 0 Å². The fourth-order valence-electron chi connectivity index (χ4n) is 6.97. The molecule has 3 aliphatic rings. The zero-order valence-electron chi connectivity index (χ0n) is 23.9. The first-order valence-corrected chi connectivity index (χ1v) is 15.9. The van der Waals surface area contributed by atoms with Crippen LogP contribution in [0.5, 0.6) is 6.01 Å². The van der Waals surface area contributed by atoms with E-state index in [2.05, 4.69) is 27.9 Å². The summed E-state index contributed by atoms with van der Waals surface area (Å²) >= 11 is 8.06. The van der Waals surface area contributed by atoms with E-state index >= 15 is 4.39 Å². The van der Waals surface area contributed by atoms with Crippen molar-refractivity contribution in [1.82, 2.24) is 14.9 Å². The predicted octanol–water partition coefficient (Wildman–Crippen LogP) is 6.65. The number of fused-ring (bicyclic) bond motifs is 1. The maximum atomic E-state index is 17.0. The van der Waals surface area contributed by atoms with Crippen LogP contribution < -0.4 is 15.4 Å². The van der Waals surface area contributed by atoms with Crippen molar-refractivity contribution in [3.8, 4) is 23.2 Å². The molecule has 0 amide bonds. The van der Waals surface area contributed by atoms with Gasteiger partial charge in [-0.3, -0.25) is 4.90 Å². The van der Waals surface area contributed by atoms with Crippen molar-refractivity contribution in [2.45, 2.75) is 63.8 Å². The second-order valence-corrected chi connectivity index (χ2v) is 13.0. The number of hydrogen-bond acceptors (Lipinski definition) is 9. The van der Waals surface area contributed by atoms with E-state index in [9.17, 15) is 9.65 Å². The largest absolute Gasteiger partial charge is 0.459 e. The molecule has 3 aliphatic heterocycles. The lowest BCUT2D eigenvalue weighted by atomic mass is 9.93. The van der Waals surface area contributed by atoms with E-state index in [0.29, 0.717) is 41.9 Å². The van der Waals surface area contributed by atoms with Crippen LogP contribution in [0.4, 0.5) is 19.6 Å². The standard InChI is InChI=1S/C31H31ClF2N6O2S/c1-15(20-7-4-11-39(20)2)42-31-37-27-24-17(6-3-12-40(30(24)38-31)21-8-5-13-41-21)25(32)23(26(27)34)16-9-10-19(33)28-22(16)18(14-35)29(36)43-28/h9-10,15,20-21H,3-8,11-13,36H2,1-2H3/t15-,20?,21?/m0/s1. The molecule has 224 valence electrons. The van der Waals surface area contributed by atoms with E-state index in [1.54, 1.807) is 0 Å². The normalized spacial score (nSPS) is 21.4. The van der Waals surface area contributed by atoms with Gasteiger partial charge < -0.3 is 20.1 Å². The molecular formula is C31H31ClF2N6O2S. The Balaban J connectivity index is 1.49. The van der Waals surface area contributed by atoms with Crippen LogP contribution in [0.2, 0.25) is 5.02 Å². The molecule has 2 N–H and O–H groups in total. The molecule has 0 aliphatic carbocycles. The van der Waals surface area contributed by atoms with Gasteiger partial charge in [-0.05, 0) is 76.2 Å². The van der Waals surface area contributed by atoms with Gasteiger partial charge >= 0.3 is 6.01 Å². The third kappa shape index (κ3) is 4.58. The zero-order valence-corrected chi connectivity index (χ0v) is 25.5. The Morgan fingerprint density at radius 1 is 1.19 bits per heavy atom. The topological polar surface area (TPSA) is 101 Å². The number of anilines is 2. The lowest BCUT2D eigenvalue weighted by Gasteiger charge is -2.30. The number of hydrogen-bond donors (Lipinski definition) is 1. The van der Waals surface area contributed by atoms with Gasteiger partial charge in [-0.1, -0.05) is 17.7 Å². The van der Waals surface area contributed by atoms with Crippen molar-refractivity contribution in [1.29, 1.82) is 5.26 Å². The number of likely N-dealkylation sites (N-methyl/N-ethyl adjacent to an activating group) is 1. The third-order valence-electron chi connectivity index (χ3n) is 9.04. The molecule has 2 unspecified atom stereocenters. The van der Waals surface area contributed by atoms with E-state index in [1.807, 2.05) is 6.92 Å². The van der Waals surface area contributed by atoms with Crippen molar-refractivity contribution in [3.05, 3.63) is 39.9 Å². The Morgan fingerprint density at radius 3 is 2.74 bits per heavy atom. The van der Waals surface area contributed by atoms with Crippen molar-refractivity contribution in [3.63, 3.8) is 0 Å². The average molecular weight is 625 g/mol. The molecule has 0 spiro atoms. The number of ether oxygens (including phenoxy) is 2. The first kappa shape index (κ1) is 28.5. The molecule has 12 heteroatoms. The molecule has 0 saturated carbocycles. The summed E-state index contributed by atoms with van der Waals surface area (Å²) in [7, 11) is 2.07. The maximum absolute atomic E-state index is 17.0. The number of nitrogens with zero attached hydrogens (tertiary/aromatic N) is 5. The second-order valence-electron chi connectivity index (χ2n) is 11.6. The minimum absolute atomic E-state index is 0.0632. The number of halogens is 3. The second kappa shape index (κ2) is 11.0. The van der Waals surface area contributed by atoms with Gasteiger partial charge in [-0.15, -0.1) is 11.3 Å². The monoisotopic (exact) mass is 624 g/mol. The molecule has 8 nitrogen and oxygen atoms in total. The van der Waals surface area contributed by atoms with Crippen molar-refractivity contribution in [2.75, 3.05) is 37.4 Å². The number of thiophene rings is 1. The molecule has 2 fully saturated rings. The quantitative estimate of drug-likeness (QED) is 0.264. The fourth-order valence-corrected chi connectivity index (χ4v) is 8.30. The Labute approximate surface area is 257 Å². The van der Waals surface area contributed by atoms with Gasteiger partial charge in [-0.2, -0.15) is 15.2 Å². The number of nitrogens with two attached hydrogens (primary N) is 1. The lowest BCUT2D eigenvalue weighted by molar-refractivity contribution is 0.105. The van der Waals surface area contributed by atoms with Crippen LogP contribution in [-0.4, -0.2) is 60.0 Å². The Bertz CT molecular complexity index is 1800. The van der Waals surface area contributed by atoms with Crippen LogP contribution >= 0.6 is 22.9 Å². The number of rotatable bonds is 5. The first-order valence-electron chi connectivity index (χ1n) is 14.7. The van der Waals surface area contributed by atoms with Gasteiger partial charge in [0.05, 0.1) is 20.7 Å². The van der Waals surface area contributed by atoms with Gasteiger partial charge in [0.1, 0.15) is 40.6 Å². The molecule has 2 aromatic heterocycles. The van der Waals surface area contributed by atoms with E-state index in [-0.39, 0.29) is 61.1 Å². The van der Waals surface area contributed by atoms with Crippen LogP contribution in [0.25, 0.3) is 32.1 Å². The minimum Gasteiger partial charge on any atom is -0.459 e.